The number of hydrogen-bond donors (Lipinski definition) is 0. The Balaban J connectivity index is 1.52. The molecule has 180 valence electrons. The van der Waals surface area contributed by atoms with Crippen molar-refractivity contribution in [3.8, 4) is 0 Å². The largest absolute Gasteiger partial charge is 0.369 e. The lowest BCUT2D eigenvalue weighted by Crippen LogP contribution is -2.47. The first-order valence-electron chi connectivity index (χ1n) is 12.8. The number of ketones is 1. The molecular weight excluding hydrogens is 394 g/mol. The van der Waals surface area contributed by atoms with Crippen molar-refractivity contribution in [3.63, 3.8) is 0 Å². The minimum atomic E-state index is 0.165. The molecule has 2 aliphatic rings. The smallest absolute Gasteiger partial charge is 0.143 e. The molecule has 0 atom stereocenters. The molecule has 2 saturated heterocycles. The highest BCUT2D eigenvalue weighted by Gasteiger charge is 2.25. The normalized spacial score (nSPS) is 20.0. The zero-order valence-electron chi connectivity index (χ0n) is 21.8. The number of nitrogens with zero attached hydrogens (tertiary/aromatic N) is 3. The van der Waals surface area contributed by atoms with E-state index in [1.165, 1.54) is 42.6 Å². The summed E-state index contributed by atoms with van der Waals surface area (Å²) in [5, 5.41) is 0. The highest BCUT2D eigenvalue weighted by Crippen LogP contribution is 2.33. The zero-order valence-corrected chi connectivity index (χ0v) is 21.8. The van der Waals surface area contributed by atoms with E-state index in [2.05, 4.69) is 74.4 Å². The van der Waals surface area contributed by atoms with Crippen molar-refractivity contribution in [3.05, 3.63) is 29.3 Å². The minimum Gasteiger partial charge on any atom is -0.369 e. The molecule has 2 heterocycles. The van der Waals surface area contributed by atoms with Gasteiger partial charge < -0.3 is 4.90 Å². The SMILES string of the molecule is CC(=O)CN1CCC(CCN2CCN(c3cc(C(C)(C)C)cc(C(C)(C)C)c3)CC2)CC1. The van der Waals surface area contributed by atoms with Crippen LogP contribution >= 0.6 is 0 Å². The molecule has 1 aromatic rings. The van der Waals surface area contributed by atoms with Crippen LogP contribution in [0.1, 0.15) is 78.9 Å². The first-order chi connectivity index (χ1) is 14.9. The number of piperazine rings is 1. The molecule has 2 aliphatic heterocycles. The third-order valence-electron chi connectivity index (χ3n) is 7.39. The Labute approximate surface area is 197 Å². The van der Waals surface area contributed by atoms with Gasteiger partial charge in [0.15, 0.2) is 0 Å². The Morgan fingerprint density at radius 3 is 1.81 bits per heavy atom. The molecular formula is C28H47N3O. The number of carbonyl (C=O) groups is 1. The molecule has 0 N–H and O–H groups in total. The molecule has 0 radical (unpaired) electrons. The molecule has 3 rings (SSSR count). The lowest BCUT2D eigenvalue weighted by atomic mass is 9.80. The highest BCUT2D eigenvalue weighted by molar-refractivity contribution is 5.77. The van der Waals surface area contributed by atoms with Crippen molar-refractivity contribution in [1.82, 2.24) is 9.80 Å². The molecule has 0 aliphatic carbocycles. The van der Waals surface area contributed by atoms with Crippen molar-refractivity contribution in [2.75, 3.05) is 57.3 Å². The molecule has 0 amide bonds. The molecule has 0 spiro atoms. The second kappa shape index (κ2) is 10.3. The summed E-state index contributed by atoms with van der Waals surface area (Å²) in [6, 6.07) is 7.28. The van der Waals surface area contributed by atoms with Crippen molar-refractivity contribution < 1.29 is 4.79 Å². The number of Topliss-reactive ketones (excluding diaryl/α,β-unsaturated/α-hetero) is 1. The third-order valence-corrected chi connectivity index (χ3v) is 7.39. The second-order valence-corrected chi connectivity index (χ2v) is 12.3. The van der Waals surface area contributed by atoms with Crippen molar-refractivity contribution in [1.29, 1.82) is 0 Å². The van der Waals surface area contributed by atoms with Crippen LogP contribution in [-0.2, 0) is 15.6 Å². The lowest BCUT2D eigenvalue weighted by molar-refractivity contribution is -0.118. The van der Waals surface area contributed by atoms with Crippen LogP contribution in [0.5, 0.6) is 0 Å². The molecule has 2 fully saturated rings. The van der Waals surface area contributed by atoms with Crippen LogP contribution in [0, 0.1) is 5.92 Å². The fourth-order valence-corrected chi connectivity index (χ4v) is 5.00. The summed E-state index contributed by atoms with van der Waals surface area (Å²) in [6.07, 6.45) is 3.81. The van der Waals surface area contributed by atoms with Crippen LogP contribution in [0.15, 0.2) is 18.2 Å². The summed E-state index contributed by atoms with van der Waals surface area (Å²) in [7, 11) is 0. The average molecular weight is 442 g/mol. The summed E-state index contributed by atoms with van der Waals surface area (Å²) in [4.78, 5) is 18.9. The van der Waals surface area contributed by atoms with Crippen LogP contribution in [0.4, 0.5) is 5.69 Å². The second-order valence-electron chi connectivity index (χ2n) is 12.3. The molecule has 32 heavy (non-hydrogen) atoms. The molecule has 0 unspecified atom stereocenters. The van der Waals surface area contributed by atoms with Crippen LogP contribution in [-0.4, -0.2) is 67.9 Å². The monoisotopic (exact) mass is 441 g/mol. The van der Waals surface area contributed by atoms with E-state index < -0.39 is 0 Å². The van der Waals surface area contributed by atoms with Gasteiger partial charge in [-0.05, 0) is 85.8 Å². The van der Waals surface area contributed by atoms with E-state index in [0.29, 0.717) is 12.3 Å². The first kappa shape index (κ1) is 25.2. The quantitative estimate of drug-likeness (QED) is 0.614. The van der Waals surface area contributed by atoms with E-state index in [4.69, 9.17) is 0 Å². The Bertz CT molecular complexity index is 726. The molecule has 0 saturated carbocycles. The van der Waals surface area contributed by atoms with Gasteiger partial charge in [0.1, 0.15) is 5.78 Å². The summed E-state index contributed by atoms with van der Waals surface area (Å²) < 4.78 is 0. The molecule has 1 aromatic carbocycles. The number of rotatable bonds is 6. The van der Waals surface area contributed by atoms with E-state index in [0.717, 1.165) is 45.2 Å². The number of carbonyl (C=O) groups excluding carboxylic acids is 1. The topological polar surface area (TPSA) is 26.8 Å². The highest BCUT2D eigenvalue weighted by atomic mass is 16.1. The Hall–Kier alpha value is -1.39. The number of likely N-dealkylation sites (tertiary alicyclic amines) is 1. The maximum absolute atomic E-state index is 11.3. The van der Waals surface area contributed by atoms with E-state index in [1.54, 1.807) is 6.92 Å². The molecule has 0 aromatic heterocycles. The maximum atomic E-state index is 11.3. The summed E-state index contributed by atoms with van der Waals surface area (Å²) >= 11 is 0. The van der Waals surface area contributed by atoms with Gasteiger partial charge in [-0.3, -0.25) is 14.6 Å². The maximum Gasteiger partial charge on any atom is 0.143 e. The van der Waals surface area contributed by atoms with Gasteiger partial charge in [0.25, 0.3) is 0 Å². The number of benzene rings is 1. The van der Waals surface area contributed by atoms with Gasteiger partial charge >= 0.3 is 0 Å². The van der Waals surface area contributed by atoms with E-state index in [-0.39, 0.29) is 10.8 Å². The fraction of sp³-hybridized carbons (Fsp3) is 0.750. The number of piperidine rings is 1. The number of anilines is 1. The first-order valence-corrected chi connectivity index (χ1v) is 12.8. The predicted octanol–water partition coefficient (Wildman–Crippen LogP) is 5.09. The van der Waals surface area contributed by atoms with Gasteiger partial charge in [0, 0.05) is 31.9 Å². The standard InChI is InChI=1S/C28H47N3O/c1-22(32)21-30-12-9-23(10-13-30)8-11-29-14-16-31(17-15-29)26-19-24(27(2,3)4)18-25(20-26)28(5,6)7/h18-20,23H,8-17,21H2,1-7H3. The van der Waals surface area contributed by atoms with Gasteiger partial charge in [0.05, 0.1) is 6.54 Å². The zero-order chi connectivity index (χ0) is 23.5. The molecule has 4 nitrogen and oxygen atoms in total. The summed E-state index contributed by atoms with van der Waals surface area (Å²) in [5.41, 5.74) is 4.62. The van der Waals surface area contributed by atoms with E-state index >= 15 is 0 Å². The van der Waals surface area contributed by atoms with Crippen LogP contribution in [0.2, 0.25) is 0 Å². The number of hydrogen-bond acceptors (Lipinski definition) is 4. The summed E-state index contributed by atoms with van der Waals surface area (Å²) in [6.45, 7) is 24.2. The fourth-order valence-electron chi connectivity index (χ4n) is 5.00. The average Bonchev–Trinajstić information content (AvgIpc) is 2.72. The van der Waals surface area contributed by atoms with Crippen molar-refractivity contribution >= 4 is 11.5 Å². The van der Waals surface area contributed by atoms with Gasteiger partial charge in [-0.25, -0.2) is 0 Å². The lowest BCUT2D eigenvalue weighted by Gasteiger charge is -2.38. The Morgan fingerprint density at radius 2 is 1.34 bits per heavy atom. The Morgan fingerprint density at radius 1 is 0.812 bits per heavy atom. The van der Waals surface area contributed by atoms with E-state index in [1.807, 2.05) is 0 Å². The minimum absolute atomic E-state index is 0.165. The predicted molar refractivity (Wildman–Crippen MR) is 137 cm³/mol. The summed E-state index contributed by atoms with van der Waals surface area (Å²) in [5.74, 6) is 1.12. The molecule has 4 heteroatoms. The van der Waals surface area contributed by atoms with Crippen LogP contribution in [0.3, 0.4) is 0 Å². The van der Waals surface area contributed by atoms with Crippen LogP contribution < -0.4 is 4.90 Å². The van der Waals surface area contributed by atoms with Gasteiger partial charge in [0.2, 0.25) is 0 Å². The van der Waals surface area contributed by atoms with Gasteiger partial charge in [-0.1, -0.05) is 47.6 Å². The van der Waals surface area contributed by atoms with E-state index in [9.17, 15) is 4.79 Å². The van der Waals surface area contributed by atoms with Crippen molar-refractivity contribution in [2.24, 2.45) is 5.92 Å². The van der Waals surface area contributed by atoms with Gasteiger partial charge in [-0.15, -0.1) is 0 Å². The Kier molecular flexibility index (Phi) is 8.09. The molecule has 0 bridgehead atoms. The van der Waals surface area contributed by atoms with Gasteiger partial charge in [-0.2, -0.15) is 0 Å². The van der Waals surface area contributed by atoms with Crippen LogP contribution in [0.25, 0.3) is 0 Å². The van der Waals surface area contributed by atoms with Crippen molar-refractivity contribution in [2.45, 2.75) is 78.6 Å². The third kappa shape index (κ3) is 7.05.